The molecule has 2 atom stereocenters. The molecule has 1 saturated heterocycles. The van der Waals surface area contributed by atoms with Gasteiger partial charge < -0.3 is 10.6 Å². The van der Waals surface area contributed by atoms with E-state index in [0.717, 1.165) is 17.7 Å². The largest absolute Gasteiger partial charge is 0.417 e. The molecule has 0 saturated carbocycles. The van der Waals surface area contributed by atoms with Crippen LogP contribution in [0, 0.1) is 11.3 Å². The number of alkyl halides is 3. The molecule has 0 spiro atoms. The number of halogens is 3. The summed E-state index contributed by atoms with van der Waals surface area (Å²) in [7, 11) is 0. The summed E-state index contributed by atoms with van der Waals surface area (Å²) in [5, 5.41) is 14.0. The Labute approximate surface area is 190 Å². The first kappa shape index (κ1) is 25.8. The molecule has 2 rings (SSSR count). The Morgan fingerprint density at radius 2 is 2.06 bits per heavy atom. The number of carbonyl (C=O) groups excluding carboxylic acids is 2. The number of nitrogens with one attached hydrogen (secondary N) is 4. The average Bonchev–Trinajstić information content (AvgIpc) is 3.11. The monoisotopic (exact) mass is 461 g/mol. The topological polar surface area (TPSA) is 106 Å². The lowest BCUT2D eigenvalue weighted by molar-refractivity contribution is -0.137. The van der Waals surface area contributed by atoms with Gasteiger partial charge in [-0.1, -0.05) is 24.3 Å². The lowest BCUT2D eigenvalue weighted by atomic mass is 9.92. The van der Waals surface area contributed by atoms with E-state index in [1.54, 1.807) is 13.0 Å². The lowest BCUT2D eigenvalue weighted by Gasteiger charge is -2.23. The second-order valence-electron chi connectivity index (χ2n) is 7.93. The van der Waals surface area contributed by atoms with Gasteiger partial charge in [0.25, 0.3) is 0 Å². The predicted molar refractivity (Wildman–Crippen MR) is 118 cm³/mol. The van der Waals surface area contributed by atoms with Crippen molar-refractivity contribution >= 4 is 17.5 Å². The highest BCUT2D eigenvalue weighted by Gasteiger charge is 2.41. The number of benzene rings is 1. The van der Waals surface area contributed by atoms with Gasteiger partial charge in [-0.2, -0.15) is 18.4 Å². The first-order valence-electron chi connectivity index (χ1n) is 10.1. The number of nitrogens with zero attached hydrogens (tertiary/aromatic N) is 1. The molecule has 1 aromatic rings. The second kappa shape index (κ2) is 10.5. The summed E-state index contributed by atoms with van der Waals surface area (Å²) in [5.74, 6) is -0.730. The summed E-state index contributed by atoms with van der Waals surface area (Å²) in [6, 6.07) is 4.43. The third-order valence-electron chi connectivity index (χ3n) is 5.10. The number of hydrazine groups is 1. The van der Waals surface area contributed by atoms with Crippen molar-refractivity contribution in [3.63, 3.8) is 0 Å². The van der Waals surface area contributed by atoms with Crippen LogP contribution >= 0.6 is 0 Å². The molecular weight excluding hydrogens is 435 g/mol. The number of nitriles is 1. The summed E-state index contributed by atoms with van der Waals surface area (Å²) in [6.45, 7) is 8.63. The normalized spacial score (nSPS) is 21.0. The minimum Gasteiger partial charge on any atom is -0.327 e. The van der Waals surface area contributed by atoms with Crippen LogP contribution in [0.15, 0.2) is 54.3 Å². The van der Waals surface area contributed by atoms with Gasteiger partial charge in [0.1, 0.15) is 5.54 Å². The van der Waals surface area contributed by atoms with Crippen molar-refractivity contribution in [1.82, 2.24) is 16.2 Å². The fourth-order valence-electron chi connectivity index (χ4n) is 3.39. The van der Waals surface area contributed by atoms with Crippen molar-refractivity contribution in [2.75, 3.05) is 5.32 Å². The van der Waals surface area contributed by atoms with Gasteiger partial charge in [-0.15, -0.1) is 0 Å². The molecule has 0 radical (unpaired) electrons. The van der Waals surface area contributed by atoms with E-state index in [-0.39, 0.29) is 17.6 Å². The zero-order valence-corrected chi connectivity index (χ0v) is 18.6. The number of carbonyl (C=O) groups is 2. The fourth-order valence-corrected chi connectivity index (χ4v) is 3.39. The Balaban J connectivity index is 2.05. The maximum absolute atomic E-state index is 13.2. The van der Waals surface area contributed by atoms with Gasteiger partial charge in [-0.25, -0.2) is 5.43 Å². The average molecular weight is 461 g/mol. The SMILES string of the molecule is C=C(/C=C\C(=C/C)CC1CC(C)(C(=O)Nc2ccc(C#N)c(C(F)(F)F)c2)NN1)NC(C)=O. The quantitative estimate of drug-likeness (QED) is 0.464. The summed E-state index contributed by atoms with van der Waals surface area (Å²) in [5.41, 5.74) is 4.63. The molecule has 2 unspecified atom stereocenters. The molecule has 176 valence electrons. The minimum absolute atomic E-state index is 0.0497. The van der Waals surface area contributed by atoms with Crippen LogP contribution in [0.1, 0.15) is 44.7 Å². The van der Waals surface area contributed by atoms with E-state index in [4.69, 9.17) is 5.26 Å². The number of rotatable bonds is 7. The highest BCUT2D eigenvalue weighted by atomic mass is 19.4. The van der Waals surface area contributed by atoms with Crippen LogP contribution in [0.5, 0.6) is 0 Å². The van der Waals surface area contributed by atoms with Crippen LogP contribution in [0.4, 0.5) is 18.9 Å². The van der Waals surface area contributed by atoms with Crippen molar-refractivity contribution in [2.24, 2.45) is 0 Å². The zero-order valence-electron chi connectivity index (χ0n) is 18.6. The van der Waals surface area contributed by atoms with Crippen LogP contribution in [-0.2, 0) is 15.8 Å². The smallest absolute Gasteiger partial charge is 0.327 e. The molecule has 10 heteroatoms. The van der Waals surface area contributed by atoms with E-state index in [1.165, 1.54) is 19.1 Å². The van der Waals surface area contributed by atoms with Gasteiger partial charge in [0, 0.05) is 24.4 Å². The first-order valence-corrected chi connectivity index (χ1v) is 10.1. The molecule has 33 heavy (non-hydrogen) atoms. The maximum Gasteiger partial charge on any atom is 0.417 e. The van der Waals surface area contributed by atoms with Gasteiger partial charge >= 0.3 is 6.18 Å². The van der Waals surface area contributed by atoms with Gasteiger partial charge in [0.2, 0.25) is 11.8 Å². The van der Waals surface area contributed by atoms with Gasteiger partial charge in [0.05, 0.1) is 17.2 Å². The van der Waals surface area contributed by atoms with Crippen molar-refractivity contribution < 1.29 is 22.8 Å². The second-order valence-corrected chi connectivity index (χ2v) is 7.93. The third-order valence-corrected chi connectivity index (χ3v) is 5.10. The van der Waals surface area contributed by atoms with Crippen LogP contribution in [0.3, 0.4) is 0 Å². The zero-order chi connectivity index (χ0) is 24.8. The van der Waals surface area contributed by atoms with Gasteiger partial charge in [-0.05, 0) is 51.0 Å². The Bertz CT molecular complexity index is 1040. The van der Waals surface area contributed by atoms with E-state index in [1.807, 2.05) is 19.1 Å². The minimum atomic E-state index is -4.71. The highest BCUT2D eigenvalue weighted by molar-refractivity contribution is 5.98. The Morgan fingerprint density at radius 3 is 2.64 bits per heavy atom. The standard InChI is InChI=1S/C23H26F3N5O2/c1-5-16(7-6-14(2)28-15(3)32)10-19-12-22(4,31-30-19)21(33)29-18-9-8-17(13-27)20(11-18)23(24,25)26/h5-9,11,19,30-31H,2,10,12H2,1,3-4H3,(H,28,32)(H,29,33)/b7-6-,16-5+. The van der Waals surface area contributed by atoms with Crippen LogP contribution < -0.4 is 21.5 Å². The van der Waals surface area contributed by atoms with E-state index < -0.39 is 28.7 Å². The first-order chi connectivity index (χ1) is 15.4. The van der Waals surface area contributed by atoms with E-state index in [9.17, 15) is 22.8 Å². The van der Waals surface area contributed by atoms with Crippen molar-refractivity contribution in [3.8, 4) is 6.07 Å². The number of anilines is 1. The number of hydrogen-bond acceptors (Lipinski definition) is 5. The van der Waals surface area contributed by atoms with E-state index >= 15 is 0 Å². The van der Waals surface area contributed by atoms with Crippen LogP contribution in [0.2, 0.25) is 0 Å². The Morgan fingerprint density at radius 1 is 1.36 bits per heavy atom. The van der Waals surface area contributed by atoms with E-state index in [0.29, 0.717) is 18.5 Å². The number of allylic oxidation sites excluding steroid dienone is 3. The number of hydrogen-bond donors (Lipinski definition) is 4. The Kier molecular flexibility index (Phi) is 8.19. The number of amides is 2. The van der Waals surface area contributed by atoms with Crippen LogP contribution in [0.25, 0.3) is 0 Å². The molecular formula is C23H26F3N5O2. The Hall–Kier alpha value is -3.42. The van der Waals surface area contributed by atoms with Crippen molar-refractivity contribution in [3.05, 3.63) is 65.4 Å². The highest BCUT2D eigenvalue weighted by Crippen LogP contribution is 2.34. The van der Waals surface area contributed by atoms with E-state index in [2.05, 4.69) is 28.1 Å². The molecule has 0 bridgehead atoms. The molecule has 2 amide bonds. The summed E-state index contributed by atoms with van der Waals surface area (Å²) >= 11 is 0. The molecule has 1 fully saturated rings. The van der Waals surface area contributed by atoms with Crippen LogP contribution in [-0.4, -0.2) is 23.4 Å². The van der Waals surface area contributed by atoms with Gasteiger partial charge in [0.15, 0.2) is 0 Å². The molecule has 0 aromatic heterocycles. The lowest BCUT2D eigenvalue weighted by Crippen LogP contribution is -2.50. The molecule has 7 nitrogen and oxygen atoms in total. The molecule has 0 aliphatic carbocycles. The summed E-state index contributed by atoms with van der Waals surface area (Å²) < 4.78 is 39.6. The molecule has 1 aliphatic rings. The van der Waals surface area contributed by atoms with Gasteiger partial charge in [-0.3, -0.25) is 15.0 Å². The third kappa shape index (κ3) is 7.03. The molecule has 1 aromatic carbocycles. The van der Waals surface area contributed by atoms with Crippen molar-refractivity contribution in [1.29, 1.82) is 5.26 Å². The summed E-state index contributed by atoms with van der Waals surface area (Å²) in [6.07, 6.45) is 1.60. The fraction of sp³-hybridized carbons (Fsp3) is 0.348. The molecule has 1 aliphatic heterocycles. The summed E-state index contributed by atoms with van der Waals surface area (Å²) in [4.78, 5) is 23.9. The molecule has 1 heterocycles. The predicted octanol–water partition coefficient (Wildman–Crippen LogP) is 3.68. The maximum atomic E-state index is 13.2. The van der Waals surface area contributed by atoms with Crippen molar-refractivity contribution in [2.45, 2.75) is 51.4 Å². The molecule has 4 N–H and O–H groups in total.